The molecule has 1 aromatic carbocycles. The van der Waals surface area contributed by atoms with Crippen molar-refractivity contribution in [2.45, 2.75) is 97.5 Å². The van der Waals surface area contributed by atoms with Crippen molar-refractivity contribution in [1.82, 2.24) is 0 Å². The smallest absolute Gasteiger partial charge is 0.168 e. The van der Waals surface area contributed by atoms with Crippen molar-refractivity contribution in [3.63, 3.8) is 0 Å². The molecule has 1 aromatic heterocycles. The fourth-order valence-corrected chi connectivity index (χ4v) is 7.13. The van der Waals surface area contributed by atoms with Crippen LogP contribution in [0.5, 0.6) is 0 Å². The number of hydrogen-bond donors (Lipinski definition) is 0. The summed E-state index contributed by atoms with van der Waals surface area (Å²) in [4.78, 5) is 2.54. The molecular formula is C35H47N2O+. The summed E-state index contributed by atoms with van der Waals surface area (Å²) in [7, 11) is 2.09. The van der Waals surface area contributed by atoms with Crippen LogP contribution in [0.15, 0.2) is 77.5 Å². The molecule has 0 spiro atoms. The molecule has 5 rings (SSSR count). The Bertz CT molecular complexity index is 1250. The highest BCUT2D eigenvalue weighted by Gasteiger charge is 2.42. The lowest BCUT2D eigenvalue weighted by Gasteiger charge is -2.30. The number of ether oxygens (including phenoxy) is 1. The zero-order chi connectivity index (χ0) is 26.9. The summed E-state index contributed by atoms with van der Waals surface area (Å²) >= 11 is 0. The highest BCUT2D eigenvalue weighted by atomic mass is 16.5. The molecule has 202 valence electrons. The van der Waals surface area contributed by atoms with Gasteiger partial charge in [-0.15, -0.1) is 0 Å². The van der Waals surface area contributed by atoms with Gasteiger partial charge in [0.1, 0.15) is 18.9 Å². The van der Waals surface area contributed by atoms with Crippen molar-refractivity contribution >= 4 is 5.69 Å². The van der Waals surface area contributed by atoms with Crippen molar-refractivity contribution in [3.8, 4) is 0 Å². The molecule has 38 heavy (non-hydrogen) atoms. The van der Waals surface area contributed by atoms with Crippen molar-refractivity contribution in [2.24, 2.45) is 13.0 Å². The normalized spacial score (nSPS) is 24.6. The molecule has 2 heterocycles. The number of allylic oxidation sites excluding steroid dienone is 5. The third kappa shape index (κ3) is 4.97. The van der Waals surface area contributed by atoms with E-state index in [1.54, 1.807) is 0 Å². The number of fused-ring (bicyclic) bond motifs is 1. The molecule has 0 amide bonds. The van der Waals surface area contributed by atoms with Gasteiger partial charge in [0, 0.05) is 47.0 Å². The van der Waals surface area contributed by atoms with Crippen LogP contribution in [0, 0.1) is 12.8 Å². The number of aryl methyl sites for hydroxylation is 2. The Morgan fingerprint density at radius 2 is 1.79 bits per heavy atom. The van der Waals surface area contributed by atoms with E-state index in [9.17, 15) is 0 Å². The van der Waals surface area contributed by atoms with Crippen molar-refractivity contribution in [3.05, 3.63) is 94.2 Å². The lowest BCUT2D eigenvalue weighted by atomic mass is 9.77. The van der Waals surface area contributed by atoms with E-state index in [0.29, 0.717) is 5.92 Å². The van der Waals surface area contributed by atoms with Gasteiger partial charge in [-0.2, -0.15) is 0 Å². The first kappa shape index (κ1) is 26.8. The number of anilines is 1. The highest BCUT2D eigenvalue weighted by Crippen LogP contribution is 2.51. The average Bonchev–Trinajstić information content (AvgIpc) is 3.61. The van der Waals surface area contributed by atoms with Gasteiger partial charge in [0.2, 0.25) is 0 Å². The number of likely N-dealkylation sites (N-methyl/N-ethyl adjacent to an activating group) is 1. The molecule has 1 saturated carbocycles. The maximum atomic E-state index is 7.05. The van der Waals surface area contributed by atoms with Gasteiger partial charge in [0.05, 0.1) is 0 Å². The van der Waals surface area contributed by atoms with Gasteiger partial charge < -0.3 is 9.64 Å². The second-order valence-electron chi connectivity index (χ2n) is 12.1. The molecule has 2 aliphatic carbocycles. The van der Waals surface area contributed by atoms with E-state index < -0.39 is 0 Å². The first-order valence-corrected chi connectivity index (χ1v) is 15.0. The highest BCUT2D eigenvalue weighted by molar-refractivity contribution is 5.71. The molecule has 1 fully saturated rings. The Morgan fingerprint density at radius 3 is 2.47 bits per heavy atom. The van der Waals surface area contributed by atoms with Crippen molar-refractivity contribution < 1.29 is 9.30 Å². The number of hydrogen-bond acceptors (Lipinski definition) is 2. The third-order valence-corrected chi connectivity index (χ3v) is 9.26. The summed E-state index contributed by atoms with van der Waals surface area (Å²) in [5.74, 6) is 1.75. The van der Waals surface area contributed by atoms with Gasteiger partial charge >= 0.3 is 0 Å². The maximum absolute atomic E-state index is 7.05. The van der Waals surface area contributed by atoms with E-state index in [4.69, 9.17) is 4.74 Å². The minimum atomic E-state index is 0.0352. The largest absolute Gasteiger partial charge is 0.485 e. The van der Waals surface area contributed by atoms with Crippen molar-refractivity contribution in [2.75, 3.05) is 11.4 Å². The first-order chi connectivity index (χ1) is 18.4. The number of rotatable bonds is 8. The molecule has 0 bridgehead atoms. The Hall–Kier alpha value is -2.81. The molecule has 3 heteroatoms. The minimum absolute atomic E-state index is 0.0352. The standard InChI is InChI=1S/C35H47N2O/c1-7-21-35(5)30-24-25(3)13-17-31(30)37(8-2)32(35)18-16-28-15-14-26(4)33(28)38-34(27-11-9-10-12-27)29-19-22-36(6)23-20-29/h13,16-20,22-24,27,34H,7-12,14-15,21H2,1-6H3/q+1/b28-16+,32-18+. The fourth-order valence-electron chi connectivity index (χ4n) is 7.13. The van der Waals surface area contributed by atoms with Gasteiger partial charge in [-0.25, -0.2) is 4.57 Å². The van der Waals surface area contributed by atoms with Crippen molar-refractivity contribution in [1.29, 1.82) is 0 Å². The van der Waals surface area contributed by atoms with Crippen LogP contribution >= 0.6 is 0 Å². The summed E-state index contributed by atoms with van der Waals surface area (Å²) in [6.07, 6.45) is 18.9. The summed E-state index contributed by atoms with van der Waals surface area (Å²) in [5.41, 5.74) is 9.75. The summed E-state index contributed by atoms with van der Waals surface area (Å²) < 4.78 is 9.16. The van der Waals surface area contributed by atoms with Crippen LogP contribution in [0.25, 0.3) is 0 Å². The predicted molar refractivity (Wildman–Crippen MR) is 158 cm³/mol. The second kappa shape index (κ2) is 11.1. The molecule has 2 aromatic rings. The van der Waals surface area contributed by atoms with E-state index in [1.807, 2.05) is 0 Å². The minimum Gasteiger partial charge on any atom is -0.485 e. The number of benzene rings is 1. The number of aromatic nitrogens is 1. The van der Waals surface area contributed by atoms with Crippen LogP contribution in [-0.4, -0.2) is 6.54 Å². The van der Waals surface area contributed by atoms with Crippen LogP contribution in [0.3, 0.4) is 0 Å². The Balaban J connectivity index is 1.50. The molecular weight excluding hydrogens is 464 g/mol. The van der Waals surface area contributed by atoms with Crippen LogP contribution in [0.1, 0.15) is 102 Å². The third-order valence-electron chi connectivity index (χ3n) is 9.26. The van der Waals surface area contributed by atoms with Gasteiger partial charge in [-0.1, -0.05) is 50.0 Å². The lowest BCUT2D eigenvalue weighted by Crippen LogP contribution is -2.28. The predicted octanol–water partition coefficient (Wildman–Crippen LogP) is 8.54. The van der Waals surface area contributed by atoms with E-state index in [0.717, 1.165) is 31.6 Å². The van der Waals surface area contributed by atoms with Crippen LogP contribution < -0.4 is 9.47 Å². The zero-order valence-electron chi connectivity index (χ0n) is 24.5. The van der Waals surface area contributed by atoms with Crippen LogP contribution in [-0.2, 0) is 17.2 Å². The van der Waals surface area contributed by atoms with E-state index >= 15 is 0 Å². The van der Waals surface area contributed by atoms with E-state index in [1.165, 1.54) is 71.3 Å². The maximum Gasteiger partial charge on any atom is 0.168 e. The Morgan fingerprint density at radius 1 is 1.05 bits per heavy atom. The summed E-state index contributed by atoms with van der Waals surface area (Å²) in [6.45, 7) is 12.5. The monoisotopic (exact) mass is 511 g/mol. The topological polar surface area (TPSA) is 16.4 Å². The number of nitrogens with zero attached hydrogens (tertiary/aromatic N) is 2. The molecule has 2 atom stereocenters. The van der Waals surface area contributed by atoms with Gasteiger partial charge in [-0.3, -0.25) is 0 Å². The fraction of sp³-hybridized carbons (Fsp3) is 0.514. The molecule has 0 radical (unpaired) electrons. The molecule has 1 aliphatic heterocycles. The van der Waals surface area contributed by atoms with Crippen LogP contribution in [0.2, 0.25) is 0 Å². The SMILES string of the molecule is CCCC1(C)/C(=C\C=C2/CCC(C)=C2OC(c2cc[n+](C)cc2)C2CCCC2)N(CC)c2ccc(C)cc21. The lowest BCUT2D eigenvalue weighted by molar-refractivity contribution is -0.671. The average molecular weight is 512 g/mol. The second-order valence-corrected chi connectivity index (χ2v) is 12.1. The Labute approximate surface area is 230 Å². The quantitative estimate of drug-likeness (QED) is 0.330. The zero-order valence-corrected chi connectivity index (χ0v) is 24.5. The van der Waals surface area contributed by atoms with E-state index in [2.05, 4.69) is 106 Å². The molecule has 3 aliphatic rings. The number of pyridine rings is 1. The van der Waals surface area contributed by atoms with Crippen LogP contribution in [0.4, 0.5) is 5.69 Å². The molecule has 3 nitrogen and oxygen atoms in total. The summed E-state index contributed by atoms with van der Waals surface area (Å²) in [6, 6.07) is 11.5. The summed E-state index contributed by atoms with van der Waals surface area (Å²) in [5, 5.41) is 0. The van der Waals surface area contributed by atoms with Gasteiger partial charge in [0.15, 0.2) is 12.4 Å². The first-order valence-electron chi connectivity index (χ1n) is 15.0. The molecule has 2 unspecified atom stereocenters. The van der Waals surface area contributed by atoms with Gasteiger partial charge in [0.25, 0.3) is 0 Å². The molecule has 0 saturated heterocycles. The molecule has 0 N–H and O–H groups in total. The van der Waals surface area contributed by atoms with E-state index in [-0.39, 0.29) is 11.5 Å². The van der Waals surface area contributed by atoms with Gasteiger partial charge in [-0.05, 0) is 88.7 Å². The Kier molecular flexibility index (Phi) is 7.84.